The van der Waals surface area contributed by atoms with Crippen molar-refractivity contribution in [1.29, 1.82) is 0 Å². The second-order valence-corrected chi connectivity index (χ2v) is 8.19. The molecule has 0 aromatic carbocycles. The van der Waals surface area contributed by atoms with Crippen molar-refractivity contribution >= 4 is 23.6 Å². The van der Waals surface area contributed by atoms with E-state index in [1.807, 2.05) is 12.1 Å². The third-order valence-corrected chi connectivity index (χ3v) is 5.90. The van der Waals surface area contributed by atoms with Crippen molar-refractivity contribution in [2.45, 2.75) is 50.4 Å². The molecule has 1 saturated carbocycles. The number of hydrogen-bond donors (Lipinski definition) is 1. The van der Waals surface area contributed by atoms with Crippen LogP contribution in [0.2, 0.25) is 0 Å². The molecule has 0 unspecified atom stereocenters. The van der Waals surface area contributed by atoms with Crippen molar-refractivity contribution in [3.05, 3.63) is 24.2 Å². The molecule has 2 fully saturated rings. The zero-order chi connectivity index (χ0) is 17.9. The summed E-state index contributed by atoms with van der Waals surface area (Å²) in [5.41, 5.74) is 0. The number of hydrogen-bond acceptors (Lipinski definition) is 6. The summed E-state index contributed by atoms with van der Waals surface area (Å²) in [6.07, 6.45) is 6.21. The van der Waals surface area contributed by atoms with Gasteiger partial charge in [0.25, 0.3) is 0 Å². The lowest BCUT2D eigenvalue weighted by Gasteiger charge is -2.31. The maximum atomic E-state index is 12.0. The van der Waals surface area contributed by atoms with E-state index in [2.05, 4.69) is 31.9 Å². The van der Waals surface area contributed by atoms with Gasteiger partial charge in [-0.05, 0) is 43.7 Å². The first kappa shape index (κ1) is 17.5. The second kappa shape index (κ2) is 7.73. The van der Waals surface area contributed by atoms with Crippen LogP contribution in [-0.2, 0) is 11.3 Å². The lowest BCUT2D eigenvalue weighted by molar-refractivity contribution is -0.118. The van der Waals surface area contributed by atoms with E-state index in [4.69, 9.17) is 4.42 Å². The first-order chi connectivity index (χ1) is 12.7. The van der Waals surface area contributed by atoms with Crippen molar-refractivity contribution in [2.75, 3.05) is 23.7 Å². The minimum Gasteiger partial charge on any atom is -0.467 e. The van der Waals surface area contributed by atoms with Gasteiger partial charge < -0.3 is 14.6 Å². The first-order valence-corrected chi connectivity index (χ1v) is 10.3. The van der Waals surface area contributed by atoms with Crippen LogP contribution >= 0.6 is 11.8 Å². The molecule has 0 spiro atoms. The molecule has 26 heavy (non-hydrogen) atoms. The van der Waals surface area contributed by atoms with Crippen molar-refractivity contribution in [3.8, 4) is 0 Å². The molecule has 3 heterocycles. The number of nitrogens with zero attached hydrogens (tertiary/aromatic N) is 4. The summed E-state index contributed by atoms with van der Waals surface area (Å²) in [5, 5.41) is 12.6. The minimum absolute atomic E-state index is 0.0680. The molecular formula is C18H25N5O2S. The zero-order valence-corrected chi connectivity index (χ0v) is 15.9. The molecular weight excluding hydrogens is 350 g/mol. The second-order valence-electron chi connectivity index (χ2n) is 7.25. The topological polar surface area (TPSA) is 76.2 Å². The maximum Gasteiger partial charge on any atom is 0.230 e. The van der Waals surface area contributed by atoms with Gasteiger partial charge in [-0.25, -0.2) is 0 Å². The quantitative estimate of drug-likeness (QED) is 0.750. The monoisotopic (exact) mass is 375 g/mol. The highest BCUT2D eigenvalue weighted by molar-refractivity contribution is 7.99. The van der Waals surface area contributed by atoms with Gasteiger partial charge in [-0.15, -0.1) is 10.2 Å². The fourth-order valence-electron chi connectivity index (χ4n) is 3.15. The minimum atomic E-state index is 0.0680. The van der Waals surface area contributed by atoms with Crippen LogP contribution in [0.3, 0.4) is 0 Å². The number of nitrogens with one attached hydrogen (secondary N) is 1. The number of rotatable bonds is 7. The molecule has 2 aromatic heterocycles. The summed E-state index contributed by atoms with van der Waals surface area (Å²) >= 11 is 1.44. The fourth-order valence-corrected chi connectivity index (χ4v) is 3.90. The largest absolute Gasteiger partial charge is 0.467 e. The van der Waals surface area contributed by atoms with Gasteiger partial charge in [-0.3, -0.25) is 9.36 Å². The third kappa shape index (κ3) is 4.23. The van der Waals surface area contributed by atoms with Crippen molar-refractivity contribution in [3.63, 3.8) is 0 Å². The Balaban J connectivity index is 1.49. The highest BCUT2D eigenvalue weighted by atomic mass is 32.2. The molecule has 8 heteroatoms. The number of anilines is 1. The predicted octanol–water partition coefficient (Wildman–Crippen LogP) is 2.53. The van der Waals surface area contributed by atoms with Crippen LogP contribution in [-0.4, -0.2) is 45.6 Å². The van der Waals surface area contributed by atoms with E-state index < -0.39 is 0 Å². The average Bonchev–Trinajstić information content (AvgIpc) is 3.14. The number of carbonyl (C=O) groups is 1. The smallest absolute Gasteiger partial charge is 0.230 e. The van der Waals surface area contributed by atoms with E-state index in [0.717, 1.165) is 48.7 Å². The highest BCUT2D eigenvalue weighted by Gasteiger charge is 2.25. The van der Waals surface area contributed by atoms with E-state index in [9.17, 15) is 4.79 Å². The van der Waals surface area contributed by atoms with Gasteiger partial charge in [0, 0.05) is 19.1 Å². The molecule has 2 aliphatic rings. The lowest BCUT2D eigenvalue weighted by Crippen LogP contribution is -2.35. The standard InChI is InChI=1S/C18H25N5O2S/c1-13-6-8-22(9-7-13)17-20-21-18(23(17)11-15-3-2-10-25-15)26-12-16(24)19-14-4-5-14/h2-3,10,13-14H,4-9,11-12H2,1H3,(H,19,24). The van der Waals surface area contributed by atoms with Crippen LogP contribution in [0.5, 0.6) is 0 Å². The van der Waals surface area contributed by atoms with Gasteiger partial charge in [0.1, 0.15) is 5.76 Å². The van der Waals surface area contributed by atoms with Gasteiger partial charge in [0.2, 0.25) is 11.9 Å². The summed E-state index contributed by atoms with van der Waals surface area (Å²) < 4.78 is 7.60. The predicted molar refractivity (Wildman–Crippen MR) is 100 cm³/mol. The Morgan fingerprint density at radius 3 is 2.81 bits per heavy atom. The zero-order valence-electron chi connectivity index (χ0n) is 15.1. The molecule has 2 aromatic rings. The van der Waals surface area contributed by atoms with E-state index >= 15 is 0 Å². The Kier molecular flexibility index (Phi) is 5.19. The number of aromatic nitrogens is 3. The van der Waals surface area contributed by atoms with Crippen LogP contribution < -0.4 is 10.2 Å². The number of furan rings is 1. The Morgan fingerprint density at radius 1 is 1.31 bits per heavy atom. The molecule has 1 amide bonds. The van der Waals surface area contributed by atoms with Crippen molar-refractivity contribution in [2.24, 2.45) is 5.92 Å². The molecule has 0 atom stereocenters. The molecule has 0 bridgehead atoms. The molecule has 140 valence electrons. The Hall–Kier alpha value is -1.96. The molecule has 1 saturated heterocycles. The third-order valence-electron chi connectivity index (χ3n) is 4.93. The Morgan fingerprint density at radius 2 is 2.12 bits per heavy atom. The normalized spacial score (nSPS) is 18.3. The molecule has 0 radical (unpaired) electrons. The van der Waals surface area contributed by atoms with Crippen molar-refractivity contribution in [1.82, 2.24) is 20.1 Å². The van der Waals surface area contributed by atoms with E-state index in [-0.39, 0.29) is 5.91 Å². The van der Waals surface area contributed by atoms with Gasteiger partial charge in [0.05, 0.1) is 18.6 Å². The van der Waals surface area contributed by atoms with Crippen molar-refractivity contribution < 1.29 is 9.21 Å². The summed E-state index contributed by atoms with van der Waals surface area (Å²) in [7, 11) is 0. The maximum absolute atomic E-state index is 12.0. The summed E-state index contributed by atoms with van der Waals surface area (Å²) in [5.74, 6) is 2.93. The van der Waals surface area contributed by atoms with Crippen LogP contribution in [0.25, 0.3) is 0 Å². The van der Waals surface area contributed by atoms with Crippen LogP contribution in [0.1, 0.15) is 38.4 Å². The molecule has 7 nitrogen and oxygen atoms in total. The highest BCUT2D eigenvalue weighted by Crippen LogP contribution is 2.27. The number of carbonyl (C=O) groups excluding carboxylic acids is 1. The van der Waals surface area contributed by atoms with Gasteiger partial charge in [-0.2, -0.15) is 0 Å². The van der Waals surface area contributed by atoms with Gasteiger partial charge >= 0.3 is 0 Å². The van der Waals surface area contributed by atoms with Crippen LogP contribution in [0.4, 0.5) is 5.95 Å². The van der Waals surface area contributed by atoms with Gasteiger partial charge in [-0.1, -0.05) is 18.7 Å². The molecule has 1 aliphatic carbocycles. The number of thioether (sulfide) groups is 1. The van der Waals surface area contributed by atoms with Gasteiger partial charge in [0.15, 0.2) is 5.16 Å². The molecule has 1 N–H and O–H groups in total. The van der Waals surface area contributed by atoms with Crippen LogP contribution in [0, 0.1) is 5.92 Å². The fraction of sp³-hybridized carbons (Fsp3) is 0.611. The summed E-state index contributed by atoms with van der Waals surface area (Å²) in [4.78, 5) is 14.3. The number of amides is 1. The summed E-state index contributed by atoms with van der Waals surface area (Å²) in [6, 6.07) is 4.23. The van der Waals surface area contributed by atoms with E-state index in [0.29, 0.717) is 18.3 Å². The first-order valence-electron chi connectivity index (χ1n) is 9.31. The molecule has 1 aliphatic heterocycles. The summed E-state index contributed by atoms with van der Waals surface area (Å²) in [6.45, 7) is 4.85. The van der Waals surface area contributed by atoms with E-state index in [1.165, 1.54) is 24.6 Å². The van der Waals surface area contributed by atoms with E-state index in [1.54, 1.807) is 6.26 Å². The number of piperidine rings is 1. The SMILES string of the molecule is CC1CCN(c2nnc(SCC(=O)NC3CC3)n2Cc2ccco2)CC1. The lowest BCUT2D eigenvalue weighted by atomic mass is 10.00. The Labute approximate surface area is 157 Å². The Bertz CT molecular complexity index is 733. The molecule has 4 rings (SSSR count). The van der Waals surface area contributed by atoms with Crippen LogP contribution in [0.15, 0.2) is 28.0 Å². The average molecular weight is 375 g/mol.